The Labute approximate surface area is 213 Å². The second-order valence-electron chi connectivity index (χ2n) is 10.3. The Morgan fingerprint density at radius 2 is 1.86 bits per heavy atom. The minimum absolute atomic E-state index is 0.0500. The maximum Gasteiger partial charge on any atom is 0.154 e. The van der Waals surface area contributed by atoms with Crippen molar-refractivity contribution in [3.63, 3.8) is 0 Å². The Kier molecular flexibility index (Phi) is 6.86. The number of fused-ring (bicyclic) bond motifs is 1. The molecule has 188 valence electrons. The van der Waals surface area contributed by atoms with Crippen LogP contribution in [-0.4, -0.2) is 74.6 Å². The Bertz CT molecular complexity index is 1320. The Morgan fingerprint density at radius 3 is 2.58 bits per heavy atom. The van der Waals surface area contributed by atoms with Crippen molar-refractivity contribution in [1.29, 1.82) is 0 Å². The Balaban J connectivity index is 1.36. The van der Waals surface area contributed by atoms with Gasteiger partial charge in [0.2, 0.25) is 0 Å². The summed E-state index contributed by atoms with van der Waals surface area (Å²) in [4.78, 5) is 27.5. The number of aryl methyl sites for hydroxylation is 3. The lowest BCUT2D eigenvalue weighted by Crippen LogP contribution is -2.50. The van der Waals surface area contributed by atoms with Crippen LogP contribution in [0.5, 0.6) is 0 Å². The lowest BCUT2D eigenvalue weighted by atomic mass is 9.93. The van der Waals surface area contributed by atoms with E-state index >= 15 is 0 Å². The number of ketones is 1. The lowest BCUT2D eigenvalue weighted by molar-refractivity contribution is -0.123. The van der Waals surface area contributed by atoms with Crippen molar-refractivity contribution >= 4 is 11.4 Å². The molecule has 0 N–H and O–H groups in total. The summed E-state index contributed by atoms with van der Waals surface area (Å²) in [6, 6.07) is 6.31. The maximum absolute atomic E-state index is 13.2. The molecule has 7 nitrogen and oxygen atoms in total. The normalized spacial score (nSPS) is 17.2. The van der Waals surface area contributed by atoms with Gasteiger partial charge >= 0.3 is 0 Å². The van der Waals surface area contributed by atoms with Crippen molar-refractivity contribution in [2.75, 3.05) is 33.2 Å². The van der Waals surface area contributed by atoms with Crippen LogP contribution >= 0.6 is 0 Å². The first kappa shape index (κ1) is 24.5. The number of hydrogen-bond acceptors (Lipinski definition) is 6. The first-order chi connectivity index (χ1) is 17.3. The van der Waals surface area contributed by atoms with E-state index < -0.39 is 0 Å². The van der Waals surface area contributed by atoms with Crippen LogP contribution in [0.2, 0.25) is 0 Å². The van der Waals surface area contributed by atoms with Gasteiger partial charge < -0.3 is 4.90 Å². The van der Waals surface area contributed by atoms with Crippen LogP contribution in [-0.2, 0) is 31.1 Å². The third-order valence-corrected chi connectivity index (χ3v) is 7.73. The SMILES string of the molecule is Cc1cnc(Cc2cn(C)nc2C)nc1C1=CCc2c(CC(=O)[C@@H](C)N3CCN(C)CC3)cccc21. The van der Waals surface area contributed by atoms with E-state index in [-0.39, 0.29) is 6.04 Å². The number of piperazine rings is 1. The molecule has 1 fully saturated rings. The van der Waals surface area contributed by atoms with Crippen LogP contribution in [0.3, 0.4) is 0 Å². The molecule has 5 rings (SSSR count). The summed E-state index contributed by atoms with van der Waals surface area (Å²) in [6.07, 6.45) is 8.19. The highest BCUT2D eigenvalue weighted by Crippen LogP contribution is 2.35. The standard InChI is InChI=1S/C29H36N6O/c1-19-17-30-28(16-23-18-34(5)32-20(23)2)31-29(19)26-10-9-24-22(7-6-8-25(24)26)15-27(36)21(3)35-13-11-33(4)12-14-35/h6-8,10,17-18,21H,9,11-16H2,1-5H3/t21-/m1/s1. The molecule has 0 saturated carbocycles. The van der Waals surface area contributed by atoms with Crippen molar-refractivity contribution in [2.24, 2.45) is 7.05 Å². The summed E-state index contributed by atoms with van der Waals surface area (Å²) in [5, 5.41) is 4.45. The molecule has 0 amide bonds. The number of carbonyl (C=O) groups excluding carboxylic acids is 1. The molecule has 1 aliphatic heterocycles. The van der Waals surface area contributed by atoms with Crippen LogP contribution in [0, 0.1) is 13.8 Å². The van der Waals surface area contributed by atoms with E-state index in [0.717, 1.165) is 72.1 Å². The molecule has 0 bridgehead atoms. The predicted octanol–water partition coefficient (Wildman–Crippen LogP) is 3.15. The highest BCUT2D eigenvalue weighted by atomic mass is 16.1. The fourth-order valence-electron chi connectivity index (χ4n) is 5.41. The van der Waals surface area contributed by atoms with Crippen LogP contribution < -0.4 is 0 Å². The molecule has 0 radical (unpaired) electrons. The predicted molar refractivity (Wildman–Crippen MR) is 142 cm³/mol. The van der Waals surface area contributed by atoms with E-state index in [0.29, 0.717) is 18.6 Å². The van der Waals surface area contributed by atoms with Crippen LogP contribution in [0.25, 0.3) is 5.57 Å². The molecular formula is C29H36N6O. The van der Waals surface area contributed by atoms with E-state index in [1.807, 2.05) is 31.0 Å². The summed E-state index contributed by atoms with van der Waals surface area (Å²) in [5.41, 5.74) is 8.93. The molecule has 2 aliphatic rings. The van der Waals surface area contributed by atoms with Gasteiger partial charge in [0.15, 0.2) is 5.78 Å². The van der Waals surface area contributed by atoms with Gasteiger partial charge in [0.05, 0.1) is 17.4 Å². The second kappa shape index (κ2) is 10.1. The molecule has 7 heteroatoms. The first-order valence-corrected chi connectivity index (χ1v) is 12.9. The quantitative estimate of drug-likeness (QED) is 0.513. The molecule has 1 aromatic carbocycles. The molecule has 3 aromatic rings. The maximum atomic E-state index is 13.2. The first-order valence-electron chi connectivity index (χ1n) is 12.9. The number of likely N-dealkylation sites (N-methyl/N-ethyl adjacent to an activating group) is 1. The van der Waals surface area contributed by atoms with Crippen molar-refractivity contribution < 1.29 is 4.79 Å². The highest BCUT2D eigenvalue weighted by molar-refractivity contribution is 5.89. The number of allylic oxidation sites excluding steroid dienone is 1. The third-order valence-electron chi connectivity index (χ3n) is 7.73. The number of carbonyl (C=O) groups is 1. The fraction of sp³-hybridized carbons (Fsp3) is 0.448. The average Bonchev–Trinajstić information content (AvgIpc) is 3.43. The van der Waals surface area contributed by atoms with Gasteiger partial charge in [-0.15, -0.1) is 0 Å². The van der Waals surface area contributed by atoms with Crippen molar-refractivity contribution in [1.82, 2.24) is 29.5 Å². The summed E-state index contributed by atoms with van der Waals surface area (Å²) in [5.74, 6) is 1.10. The molecule has 1 aliphatic carbocycles. The Morgan fingerprint density at radius 1 is 1.08 bits per heavy atom. The zero-order valence-corrected chi connectivity index (χ0v) is 22.1. The number of hydrogen-bond donors (Lipinski definition) is 0. The van der Waals surface area contributed by atoms with Crippen LogP contribution in [0.15, 0.2) is 36.7 Å². The fourth-order valence-corrected chi connectivity index (χ4v) is 5.41. The zero-order valence-electron chi connectivity index (χ0n) is 22.1. The van der Waals surface area contributed by atoms with Crippen molar-refractivity contribution in [3.8, 4) is 0 Å². The third kappa shape index (κ3) is 4.90. The number of aromatic nitrogens is 4. The number of Topliss-reactive ketones (excluding diaryl/α,β-unsaturated/α-hetero) is 1. The molecular weight excluding hydrogens is 448 g/mol. The van der Waals surface area contributed by atoms with E-state index in [1.165, 1.54) is 11.1 Å². The summed E-state index contributed by atoms with van der Waals surface area (Å²) >= 11 is 0. The van der Waals surface area contributed by atoms with Crippen LogP contribution in [0.4, 0.5) is 0 Å². The second-order valence-corrected chi connectivity index (χ2v) is 10.3. The molecule has 3 heterocycles. The van der Waals surface area contributed by atoms with E-state index in [2.05, 4.69) is 65.1 Å². The Hall–Kier alpha value is -3.16. The van der Waals surface area contributed by atoms with E-state index in [1.54, 1.807) is 0 Å². The van der Waals surface area contributed by atoms with E-state index in [9.17, 15) is 4.79 Å². The molecule has 1 saturated heterocycles. The molecule has 2 aromatic heterocycles. The zero-order chi connectivity index (χ0) is 25.4. The topological polar surface area (TPSA) is 67.2 Å². The van der Waals surface area contributed by atoms with E-state index in [4.69, 9.17) is 4.98 Å². The smallest absolute Gasteiger partial charge is 0.154 e. The highest BCUT2D eigenvalue weighted by Gasteiger charge is 2.27. The molecule has 0 unspecified atom stereocenters. The molecule has 0 spiro atoms. The van der Waals surface area contributed by atoms with Gasteiger partial charge in [-0.1, -0.05) is 24.3 Å². The van der Waals surface area contributed by atoms with Gasteiger partial charge in [-0.05, 0) is 56.5 Å². The van der Waals surface area contributed by atoms with Gasteiger partial charge in [-0.2, -0.15) is 5.10 Å². The summed E-state index contributed by atoms with van der Waals surface area (Å²) < 4.78 is 1.84. The molecule has 36 heavy (non-hydrogen) atoms. The van der Waals surface area contributed by atoms with Crippen LogP contribution in [0.1, 0.15) is 52.0 Å². The average molecular weight is 485 g/mol. The minimum Gasteiger partial charge on any atom is -0.304 e. The van der Waals surface area contributed by atoms with Gasteiger partial charge in [0.1, 0.15) is 5.82 Å². The van der Waals surface area contributed by atoms with Gasteiger partial charge in [-0.3, -0.25) is 14.4 Å². The monoisotopic (exact) mass is 484 g/mol. The van der Waals surface area contributed by atoms with Gasteiger partial charge in [-0.25, -0.2) is 9.97 Å². The number of nitrogens with zero attached hydrogens (tertiary/aromatic N) is 6. The minimum atomic E-state index is -0.0500. The number of benzene rings is 1. The lowest BCUT2D eigenvalue weighted by Gasteiger charge is -2.35. The number of rotatable bonds is 7. The van der Waals surface area contributed by atoms with Gasteiger partial charge in [0, 0.05) is 69.6 Å². The van der Waals surface area contributed by atoms with Gasteiger partial charge in [0.25, 0.3) is 0 Å². The summed E-state index contributed by atoms with van der Waals surface area (Å²) in [7, 11) is 4.08. The summed E-state index contributed by atoms with van der Waals surface area (Å²) in [6.45, 7) is 10.1. The van der Waals surface area contributed by atoms with Crippen molar-refractivity contribution in [2.45, 2.75) is 46.1 Å². The molecule has 1 atom stereocenters. The largest absolute Gasteiger partial charge is 0.304 e. The van der Waals surface area contributed by atoms with Crippen molar-refractivity contribution in [3.05, 3.63) is 81.7 Å².